The lowest BCUT2D eigenvalue weighted by Gasteiger charge is -2.38. The molecule has 1 saturated carbocycles. The topological polar surface area (TPSA) is 55.6 Å². The summed E-state index contributed by atoms with van der Waals surface area (Å²) in [6, 6.07) is 0.359. The van der Waals surface area contributed by atoms with E-state index in [4.69, 9.17) is 10.5 Å². The minimum atomic E-state index is -0.340. The summed E-state index contributed by atoms with van der Waals surface area (Å²) in [5, 5.41) is 0. The number of nitrogens with zero attached hydrogens (tertiary/aromatic N) is 1. The maximum Gasteiger partial charge on any atom is 0.230 e. The van der Waals surface area contributed by atoms with Crippen molar-refractivity contribution in [2.24, 2.45) is 11.1 Å². The molecule has 0 aromatic rings. The van der Waals surface area contributed by atoms with Crippen LogP contribution in [-0.4, -0.2) is 43.2 Å². The molecule has 0 aromatic heterocycles. The van der Waals surface area contributed by atoms with Gasteiger partial charge in [0.05, 0.1) is 5.41 Å². The highest BCUT2D eigenvalue weighted by atomic mass is 16.5. The summed E-state index contributed by atoms with van der Waals surface area (Å²) < 4.78 is 5.34. The van der Waals surface area contributed by atoms with Crippen molar-refractivity contribution in [3.8, 4) is 0 Å². The Morgan fingerprint density at radius 3 is 2.53 bits per heavy atom. The van der Waals surface area contributed by atoms with Gasteiger partial charge in [-0.2, -0.15) is 0 Å². The third-order valence-electron chi connectivity index (χ3n) is 4.58. The van der Waals surface area contributed by atoms with Gasteiger partial charge in [0.2, 0.25) is 5.91 Å². The van der Waals surface area contributed by atoms with Gasteiger partial charge in [-0.25, -0.2) is 0 Å². The van der Waals surface area contributed by atoms with E-state index in [0.29, 0.717) is 6.04 Å². The molecule has 1 amide bonds. The number of carbonyl (C=O) groups excluding carboxylic acids is 1. The lowest BCUT2D eigenvalue weighted by molar-refractivity contribution is -0.144. The summed E-state index contributed by atoms with van der Waals surface area (Å²) in [6.07, 6.45) is 4.89. The second kappa shape index (κ2) is 4.94. The summed E-state index contributed by atoms with van der Waals surface area (Å²) in [5.41, 5.74) is 5.77. The van der Waals surface area contributed by atoms with E-state index in [1.54, 1.807) is 0 Å². The van der Waals surface area contributed by atoms with Gasteiger partial charge in [-0.1, -0.05) is 6.42 Å². The first-order valence-corrected chi connectivity index (χ1v) is 6.66. The summed E-state index contributed by atoms with van der Waals surface area (Å²) in [5.74, 6) is 0.231. The van der Waals surface area contributed by atoms with E-state index < -0.39 is 0 Å². The molecule has 1 aliphatic carbocycles. The van der Waals surface area contributed by atoms with E-state index in [1.165, 1.54) is 0 Å². The average molecular weight is 240 g/mol. The van der Waals surface area contributed by atoms with Gasteiger partial charge in [0, 0.05) is 32.3 Å². The third kappa shape index (κ3) is 2.33. The van der Waals surface area contributed by atoms with Crippen LogP contribution in [0.25, 0.3) is 0 Å². The van der Waals surface area contributed by atoms with Gasteiger partial charge in [0.1, 0.15) is 0 Å². The van der Waals surface area contributed by atoms with Gasteiger partial charge in [-0.3, -0.25) is 4.79 Å². The van der Waals surface area contributed by atoms with E-state index in [-0.39, 0.29) is 17.4 Å². The van der Waals surface area contributed by atoms with Crippen LogP contribution in [0.3, 0.4) is 0 Å². The molecule has 98 valence electrons. The van der Waals surface area contributed by atoms with Crippen LogP contribution in [0.4, 0.5) is 0 Å². The van der Waals surface area contributed by atoms with E-state index >= 15 is 0 Å². The van der Waals surface area contributed by atoms with Crippen molar-refractivity contribution in [1.82, 2.24) is 4.90 Å². The summed E-state index contributed by atoms with van der Waals surface area (Å²) in [6.45, 7) is 3.57. The van der Waals surface area contributed by atoms with Crippen LogP contribution in [-0.2, 0) is 9.53 Å². The Morgan fingerprint density at radius 1 is 1.35 bits per heavy atom. The Kier molecular flexibility index (Phi) is 3.73. The maximum absolute atomic E-state index is 12.6. The SMILES string of the molecule is CN(C(=O)C1(C)CCCC1N)C1CCOCC1. The summed E-state index contributed by atoms with van der Waals surface area (Å²) in [4.78, 5) is 14.5. The molecule has 1 saturated heterocycles. The first-order chi connectivity index (χ1) is 8.05. The Morgan fingerprint density at radius 2 is 2.00 bits per heavy atom. The lowest BCUT2D eigenvalue weighted by Crippen LogP contribution is -2.52. The van der Waals surface area contributed by atoms with E-state index in [1.807, 2.05) is 18.9 Å². The lowest BCUT2D eigenvalue weighted by atomic mass is 9.83. The first-order valence-electron chi connectivity index (χ1n) is 6.66. The van der Waals surface area contributed by atoms with Gasteiger partial charge < -0.3 is 15.4 Å². The summed E-state index contributed by atoms with van der Waals surface area (Å²) >= 11 is 0. The molecule has 2 fully saturated rings. The monoisotopic (exact) mass is 240 g/mol. The quantitative estimate of drug-likeness (QED) is 0.787. The fourth-order valence-corrected chi connectivity index (χ4v) is 3.10. The number of hydrogen-bond acceptors (Lipinski definition) is 3. The van der Waals surface area contributed by atoms with Crippen molar-refractivity contribution >= 4 is 5.91 Å². The molecule has 0 radical (unpaired) electrons. The molecule has 2 rings (SSSR count). The fraction of sp³-hybridized carbons (Fsp3) is 0.923. The molecular weight excluding hydrogens is 216 g/mol. The molecule has 2 N–H and O–H groups in total. The molecule has 0 aromatic carbocycles. The van der Waals surface area contributed by atoms with Crippen LogP contribution in [0, 0.1) is 5.41 Å². The second-order valence-electron chi connectivity index (χ2n) is 5.68. The van der Waals surface area contributed by atoms with Crippen LogP contribution >= 0.6 is 0 Å². The molecule has 1 aliphatic heterocycles. The van der Waals surface area contributed by atoms with Gasteiger partial charge in [-0.15, -0.1) is 0 Å². The number of hydrogen-bond donors (Lipinski definition) is 1. The number of ether oxygens (including phenoxy) is 1. The predicted molar refractivity (Wildman–Crippen MR) is 66.5 cm³/mol. The highest BCUT2D eigenvalue weighted by Crippen LogP contribution is 2.38. The van der Waals surface area contributed by atoms with Crippen molar-refractivity contribution in [2.45, 2.75) is 51.1 Å². The van der Waals surface area contributed by atoms with Gasteiger partial charge >= 0.3 is 0 Å². The minimum Gasteiger partial charge on any atom is -0.381 e. The predicted octanol–water partition coefficient (Wildman–Crippen LogP) is 1.14. The molecule has 2 aliphatic rings. The van der Waals surface area contributed by atoms with Crippen LogP contribution in [0.2, 0.25) is 0 Å². The molecule has 0 spiro atoms. The van der Waals surface area contributed by atoms with Crippen LogP contribution in [0.1, 0.15) is 39.0 Å². The molecular formula is C13H24N2O2. The Labute approximate surface area is 103 Å². The molecule has 2 atom stereocenters. The third-order valence-corrected chi connectivity index (χ3v) is 4.58. The van der Waals surface area contributed by atoms with Gasteiger partial charge in [0.15, 0.2) is 0 Å². The standard InChI is InChI=1S/C13H24N2O2/c1-13(7-3-4-11(13)14)12(16)15(2)10-5-8-17-9-6-10/h10-11H,3-9,14H2,1-2H3. The van der Waals surface area contributed by atoms with Crippen molar-refractivity contribution in [1.29, 1.82) is 0 Å². The molecule has 17 heavy (non-hydrogen) atoms. The van der Waals surface area contributed by atoms with Crippen molar-refractivity contribution in [2.75, 3.05) is 20.3 Å². The van der Waals surface area contributed by atoms with Crippen LogP contribution < -0.4 is 5.73 Å². The Bertz CT molecular complexity index is 289. The largest absolute Gasteiger partial charge is 0.381 e. The van der Waals surface area contributed by atoms with E-state index in [9.17, 15) is 4.79 Å². The summed E-state index contributed by atoms with van der Waals surface area (Å²) in [7, 11) is 1.93. The van der Waals surface area contributed by atoms with Crippen LogP contribution in [0.15, 0.2) is 0 Å². The highest BCUT2D eigenvalue weighted by molar-refractivity contribution is 5.83. The molecule has 0 bridgehead atoms. The molecule has 1 heterocycles. The number of nitrogens with two attached hydrogens (primary N) is 1. The minimum absolute atomic E-state index is 0.0253. The number of carbonyl (C=O) groups is 1. The first kappa shape index (κ1) is 12.8. The van der Waals surface area contributed by atoms with Crippen molar-refractivity contribution in [3.63, 3.8) is 0 Å². The highest BCUT2D eigenvalue weighted by Gasteiger charge is 2.45. The normalized spacial score (nSPS) is 34.9. The second-order valence-corrected chi connectivity index (χ2v) is 5.68. The zero-order valence-corrected chi connectivity index (χ0v) is 10.9. The Hall–Kier alpha value is -0.610. The van der Waals surface area contributed by atoms with Crippen molar-refractivity contribution < 1.29 is 9.53 Å². The smallest absolute Gasteiger partial charge is 0.230 e. The van der Waals surface area contributed by atoms with Gasteiger partial charge in [0.25, 0.3) is 0 Å². The Balaban J connectivity index is 2.03. The van der Waals surface area contributed by atoms with E-state index in [2.05, 4.69) is 0 Å². The zero-order valence-electron chi connectivity index (χ0n) is 10.9. The van der Waals surface area contributed by atoms with Gasteiger partial charge in [-0.05, 0) is 32.6 Å². The van der Waals surface area contributed by atoms with E-state index in [0.717, 1.165) is 45.3 Å². The molecule has 4 nitrogen and oxygen atoms in total. The molecule has 2 unspecified atom stereocenters. The fourth-order valence-electron chi connectivity index (χ4n) is 3.10. The number of rotatable bonds is 2. The number of amides is 1. The van der Waals surface area contributed by atoms with Crippen LogP contribution in [0.5, 0.6) is 0 Å². The maximum atomic E-state index is 12.6. The average Bonchev–Trinajstić information content (AvgIpc) is 2.70. The zero-order chi connectivity index (χ0) is 12.5. The van der Waals surface area contributed by atoms with Crippen molar-refractivity contribution in [3.05, 3.63) is 0 Å². The molecule has 4 heteroatoms.